The van der Waals surface area contributed by atoms with E-state index in [-0.39, 0.29) is 55.6 Å². The van der Waals surface area contributed by atoms with Gasteiger partial charge in [0.25, 0.3) is 0 Å². The zero-order chi connectivity index (χ0) is 34.4. The van der Waals surface area contributed by atoms with Gasteiger partial charge in [0.05, 0.1) is 23.5 Å². The van der Waals surface area contributed by atoms with Gasteiger partial charge in [0.15, 0.2) is 0 Å². The van der Waals surface area contributed by atoms with Gasteiger partial charge in [0, 0.05) is 44.4 Å². The Morgan fingerprint density at radius 2 is 1.52 bits per heavy atom. The molecule has 2 fully saturated rings. The Kier molecular flexibility index (Phi) is 17.5. The van der Waals surface area contributed by atoms with Crippen LogP contribution >= 0.6 is 0 Å². The predicted octanol–water partition coefficient (Wildman–Crippen LogP) is 2.67. The van der Waals surface area contributed by atoms with Crippen molar-refractivity contribution >= 4 is 27.7 Å². The standard InChI is InChI=1S/C33H63N5O7S/c1-6-9-16-38(36-31(41)17-23(4)5)22-30(40)29(18-24-10-12-27(39)13-11-24)35-32(42)25-19-26(21-28(20-25)46(34,44)45)33(43)37(14-7-2)15-8-3/h23-30,39-40H,6-22H2,1-5H3,(H,35,42)(H,36,41)(H2,34,44,45). The molecule has 6 N–H and O–H groups in total. The number of primary sulfonamides is 1. The molecule has 0 aromatic carbocycles. The number of nitrogens with zero attached hydrogens (tertiary/aromatic N) is 2. The fourth-order valence-corrected chi connectivity index (χ4v) is 7.92. The number of hydrazine groups is 1. The van der Waals surface area contributed by atoms with Gasteiger partial charge in [-0.05, 0) is 82.5 Å². The molecule has 2 saturated carbocycles. The first kappa shape index (κ1) is 40.4. The van der Waals surface area contributed by atoms with Crippen LogP contribution in [0.1, 0.15) is 118 Å². The highest BCUT2D eigenvalue weighted by Crippen LogP contribution is 2.35. The number of carbonyl (C=O) groups is 3. The zero-order valence-electron chi connectivity index (χ0n) is 29.0. The highest BCUT2D eigenvalue weighted by atomic mass is 32.2. The first-order chi connectivity index (χ1) is 21.7. The Morgan fingerprint density at radius 1 is 0.913 bits per heavy atom. The Balaban J connectivity index is 2.29. The van der Waals surface area contributed by atoms with Crippen LogP contribution in [0.2, 0.25) is 0 Å². The van der Waals surface area contributed by atoms with Gasteiger partial charge in [-0.3, -0.25) is 19.8 Å². The van der Waals surface area contributed by atoms with Crippen LogP contribution in [0.5, 0.6) is 0 Å². The lowest BCUT2D eigenvalue weighted by atomic mass is 9.79. The van der Waals surface area contributed by atoms with Crippen molar-refractivity contribution < 1.29 is 33.0 Å². The molecule has 3 amide bonds. The van der Waals surface area contributed by atoms with Crippen molar-refractivity contribution in [3.8, 4) is 0 Å². The number of sulfonamides is 1. The number of rotatable bonds is 19. The van der Waals surface area contributed by atoms with Gasteiger partial charge in [-0.2, -0.15) is 0 Å². The zero-order valence-corrected chi connectivity index (χ0v) is 29.8. The second kappa shape index (κ2) is 19.9. The largest absolute Gasteiger partial charge is 0.393 e. The summed E-state index contributed by atoms with van der Waals surface area (Å²) in [7, 11) is -4.00. The summed E-state index contributed by atoms with van der Waals surface area (Å²) in [5, 5.41) is 31.0. The molecule has 46 heavy (non-hydrogen) atoms. The highest BCUT2D eigenvalue weighted by molar-refractivity contribution is 7.89. The summed E-state index contributed by atoms with van der Waals surface area (Å²) in [6, 6.07) is -0.667. The number of unbranched alkanes of at least 4 members (excludes halogenated alkanes) is 1. The highest BCUT2D eigenvalue weighted by Gasteiger charge is 2.42. The molecule has 0 spiro atoms. The second-order valence-corrected chi connectivity index (χ2v) is 16.0. The van der Waals surface area contributed by atoms with Crippen LogP contribution in [0.15, 0.2) is 0 Å². The summed E-state index contributed by atoms with van der Waals surface area (Å²) in [6.07, 6.45) is 5.88. The van der Waals surface area contributed by atoms with Crippen molar-refractivity contribution in [2.45, 2.75) is 142 Å². The third-order valence-corrected chi connectivity index (χ3v) is 10.7. The maximum absolute atomic E-state index is 13.9. The summed E-state index contributed by atoms with van der Waals surface area (Å²) in [6.45, 7) is 11.7. The minimum atomic E-state index is -4.00. The lowest BCUT2D eigenvalue weighted by Crippen LogP contribution is -2.55. The number of aliphatic hydroxyl groups is 2. The monoisotopic (exact) mass is 673 g/mol. The third kappa shape index (κ3) is 13.7. The molecule has 0 saturated heterocycles. The molecule has 5 atom stereocenters. The van der Waals surface area contributed by atoms with E-state index in [1.165, 1.54) is 0 Å². The smallest absolute Gasteiger partial charge is 0.234 e. The number of nitrogens with one attached hydrogen (secondary N) is 2. The summed E-state index contributed by atoms with van der Waals surface area (Å²) in [5.74, 6) is -1.72. The van der Waals surface area contributed by atoms with E-state index >= 15 is 0 Å². The van der Waals surface area contributed by atoms with Crippen LogP contribution in [-0.2, 0) is 24.4 Å². The molecule has 0 radical (unpaired) electrons. The van der Waals surface area contributed by atoms with Gasteiger partial charge in [-0.15, -0.1) is 0 Å². The first-order valence-corrected chi connectivity index (χ1v) is 19.3. The van der Waals surface area contributed by atoms with Gasteiger partial charge in [0.1, 0.15) is 0 Å². The summed E-state index contributed by atoms with van der Waals surface area (Å²) >= 11 is 0. The Labute approximate surface area is 277 Å². The van der Waals surface area contributed by atoms with Crippen LogP contribution in [0, 0.1) is 23.7 Å². The van der Waals surface area contributed by atoms with Crippen molar-refractivity contribution in [2.24, 2.45) is 28.8 Å². The van der Waals surface area contributed by atoms with E-state index in [1.807, 2.05) is 34.6 Å². The van der Waals surface area contributed by atoms with Gasteiger partial charge in [-0.25, -0.2) is 18.6 Å². The van der Waals surface area contributed by atoms with Gasteiger partial charge in [-0.1, -0.05) is 41.0 Å². The van der Waals surface area contributed by atoms with Crippen molar-refractivity contribution in [3.05, 3.63) is 0 Å². The van der Waals surface area contributed by atoms with E-state index in [4.69, 9.17) is 5.14 Å². The van der Waals surface area contributed by atoms with Gasteiger partial charge >= 0.3 is 0 Å². The minimum Gasteiger partial charge on any atom is -0.393 e. The average Bonchev–Trinajstić information content (AvgIpc) is 2.98. The van der Waals surface area contributed by atoms with Gasteiger partial charge < -0.3 is 20.4 Å². The molecule has 2 aliphatic rings. The summed E-state index contributed by atoms with van der Waals surface area (Å²) < 4.78 is 25.1. The Bertz CT molecular complexity index is 1040. The lowest BCUT2D eigenvalue weighted by molar-refractivity contribution is -0.138. The van der Waals surface area contributed by atoms with Crippen molar-refractivity contribution in [3.63, 3.8) is 0 Å². The van der Waals surface area contributed by atoms with E-state index in [9.17, 15) is 33.0 Å². The molecule has 0 bridgehead atoms. The Morgan fingerprint density at radius 3 is 2.07 bits per heavy atom. The maximum Gasteiger partial charge on any atom is 0.234 e. The van der Waals surface area contributed by atoms with E-state index in [0.29, 0.717) is 45.3 Å². The van der Waals surface area contributed by atoms with Crippen LogP contribution in [0.3, 0.4) is 0 Å². The summed E-state index contributed by atoms with van der Waals surface area (Å²) in [4.78, 5) is 41.9. The fraction of sp³-hybridized carbons (Fsp3) is 0.909. The lowest BCUT2D eigenvalue weighted by Gasteiger charge is -2.37. The summed E-state index contributed by atoms with van der Waals surface area (Å²) in [5.41, 5.74) is 2.93. The van der Waals surface area contributed by atoms with Crippen molar-refractivity contribution in [2.75, 3.05) is 26.2 Å². The number of carbonyl (C=O) groups excluding carboxylic acids is 3. The molecule has 13 heteroatoms. The Hall–Kier alpha value is -1.80. The van der Waals surface area contributed by atoms with E-state index in [1.54, 1.807) is 9.91 Å². The van der Waals surface area contributed by atoms with Gasteiger partial charge in [0.2, 0.25) is 27.7 Å². The minimum absolute atomic E-state index is 0.0162. The third-order valence-electron chi connectivity index (χ3n) is 9.41. The molecule has 0 aromatic heterocycles. The number of hydrogen-bond donors (Lipinski definition) is 5. The number of amides is 3. The molecule has 5 unspecified atom stereocenters. The van der Waals surface area contributed by atoms with Crippen LogP contribution in [0.4, 0.5) is 0 Å². The molecule has 2 rings (SSSR count). The molecular formula is C33H63N5O7S. The predicted molar refractivity (Wildman–Crippen MR) is 179 cm³/mol. The quantitative estimate of drug-likeness (QED) is 0.130. The molecular weight excluding hydrogens is 610 g/mol. The topological polar surface area (TPSA) is 182 Å². The molecule has 268 valence electrons. The van der Waals surface area contributed by atoms with Crippen LogP contribution < -0.4 is 15.9 Å². The normalized spacial score (nSPS) is 25.2. The molecule has 12 nitrogen and oxygen atoms in total. The van der Waals surface area contributed by atoms with Crippen molar-refractivity contribution in [1.29, 1.82) is 0 Å². The molecule has 2 aliphatic carbocycles. The van der Waals surface area contributed by atoms with Crippen molar-refractivity contribution in [1.82, 2.24) is 20.7 Å². The average molecular weight is 674 g/mol. The first-order valence-electron chi connectivity index (χ1n) is 17.7. The molecule has 0 heterocycles. The van der Waals surface area contributed by atoms with Crippen LogP contribution in [0.25, 0.3) is 0 Å². The SMILES string of the molecule is CCCCN(CC(O)C(CC1CCC(O)CC1)NC(=O)C1CC(C(=O)N(CCC)CCC)CC(S(N)(=O)=O)C1)NC(=O)CC(C)C. The molecule has 0 aliphatic heterocycles. The fourth-order valence-electron chi connectivity index (χ4n) is 6.92. The van der Waals surface area contributed by atoms with E-state index in [2.05, 4.69) is 10.7 Å². The number of aliphatic hydroxyl groups excluding tert-OH is 2. The number of nitrogens with two attached hydrogens (primary N) is 1. The number of hydrogen-bond acceptors (Lipinski definition) is 8. The maximum atomic E-state index is 13.9. The molecule has 0 aromatic rings. The van der Waals surface area contributed by atoms with Crippen LogP contribution in [-0.4, -0.2) is 95.9 Å². The van der Waals surface area contributed by atoms with E-state index in [0.717, 1.165) is 38.5 Å². The van der Waals surface area contributed by atoms with E-state index < -0.39 is 45.2 Å². The second-order valence-electron chi connectivity index (χ2n) is 14.2.